The second kappa shape index (κ2) is 13.4. The third-order valence-corrected chi connectivity index (χ3v) is 12.9. The fraction of sp³-hybridized carbons (Fsp3) is 0. The van der Waals surface area contributed by atoms with E-state index in [1.54, 1.807) is 0 Å². The van der Waals surface area contributed by atoms with Gasteiger partial charge in [-0.3, -0.25) is 4.57 Å². The molecule has 0 bridgehead atoms. The van der Waals surface area contributed by atoms with Crippen LogP contribution in [0.3, 0.4) is 0 Å². The maximum atomic E-state index is 6.71. The van der Waals surface area contributed by atoms with Gasteiger partial charge in [0.2, 0.25) is 0 Å². The van der Waals surface area contributed by atoms with Crippen molar-refractivity contribution >= 4 is 87.5 Å². The molecule has 14 rings (SSSR count). The fourth-order valence-electron chi connectivity index (χ4n) is 9.96. The summed E-state index contributed by atoms with van der Waals surface area (Å²) in [7, 11) is 0. The molecule has 5 aromatic heterocycles. The zero-order chi connectivity index (χ0) is 41.9. The highest BCUT2D eigenvalue weighted by Gasteiger charge is 2.21. The van der Waals surface area contributed by atoms with Crippen molar-refractivity contribution in [1.29, 1.82) is 0 Å². The molecule has 0 aliphatic rings. The van der Waals surface area contributed by atoms with Crippen LogP contribution in [0.25, 0.3) is 133 Å². The molecular weight excluding hydrogens is 785 g/mol. The second-order valence-corrected chi connectivity index (χ2v) is 16.6. The maximum absolute atomic E-state index is 6.71. The van der Waals surface area contributed by atoms with Crippen molar-refractivity contribution in [2.24, 2.45) is 0 Å². The molecule has 0 atom stereocenters. The van der Waals surface area contributed by atoms with Gasteiger partial charge in [-0.15, -0.1) is 0 Å². The summed E-state index contributed by atoms with van der Waals surface area (Å²) in [4.78, 5) is 10.3. The number of nitrogens with zero attached hydrogens (tertiary/aromatic N) is 4. The zero-order valence-corrected chi connectivity index (χ0v) is 34.2. The van der Waals surface area contributed by atoms with E-state index in [-0.39, 0.29) is 0 Å². The van der Waals surface area contributed by atoms with E-state index in [9.17, 15) is 0 Å². The molecule has 0 N–H and O–H groups in total. The Morgan fingerprint density at radius 2 is 0.828 bits per heavy atom. The summed E-state index contributed by atoms with van der Waals surface area (Å²) in [5.41, 5.74) is 14.0. The van der Waals surface area contributed by atoms with Gasteiger partial charge < -0.3 is 13.4 Å². The van der Waals surface area contributed by atoms with Crippen molar-refractivity contribution in [2.75, 3.05) is 0 Å². The molecule has 9 aromatic carbocycles. The van der Waals surface area contributed by atoms with Gasteiger partial charge in [0, 0.05) is 78.1 Å². The first kappa shape index (κ1) is 34.9. The van der Waals surface area contributed by atoms with E-state index in [1.807, 2.05) is 48.5 Å². The molecule has 0 saturated carbocycles. The minimum absolute atomic E-state index is 0.673. The molecule has 0 amide bonds. The Morgan fingerprint density at radius 1 is 0.297 bits per heavy atom. The molecule has 298 valence electrons. The number of hydrogen-bond donors (Lipinski definition) is 0. The van der Waals surface area contributed by atoms with Gasteiger partial charge in [0.25, 0.3) is 0 Å². The topological polar surface area (TPSA) is 61.9 Å². The smallest absolute Gasteiger partial charge is 0.162 e. The maximum Gasteiger partial charge on any atom is 0.162 e. The number of furan rings is 2. The van der Waals surface area contributed by atoms with Crippen LogP contribution in [0.15, 0.2) is 215 Å². The first-order valence-electron chi connectivity index (χ1n) is 21.6. The van der Waals surface area contributed by atoms with Crippen LogP contribution in [0, 0.1) is 0 Å². The Kier molecular flexibility index (Phi) is 7.30. The largest absolute Gasteiger partial charge is 0.456 e. The van der Waals surface area contributed by atoms with E-state index >= 15 is 0 Å². The second-order valence-electron chi connectivity index (χ2n) is 16.6. The van der Waals surface area contributed by atoms with E-state index in [0.717, 1.165) is 116 Å². The van der Waals surface area contributed by atoms with Gasteiger partial charge in [-0.1, -0.05) is 127 Å². The molecule has 0 unspecified atom stereocenters. The average Bonchev–Trinajstić information content (AvgIpc) is 4.10. The van der Waals surface area contributed by atoms with E-state index in [4.69, 9.17) is 18.8 Å². The summed E-state index contributed by atoms with van der Waals surface area (Å²) >= 11 is 0. The minimum atomic E-state index is 0.673. The lowest BCUT2D eigenvalue weighted by Crippen LogP contribution is -2.02. The van der Waals surface area contributed by atoms with Crippen molar-refractivity contribution in [1.82, 2.24) is 19.1 Å². The normalized spacial score (nSPS) is 12.1. The van der Waals surface area contributed by atoms with Gasteiger partial charge in [-0.2, -0.15) is 0 Å². The minimum Gasteiger partial charge on any atom is -0.456 e. The summed E-state index contributed by atoms with van der Waals surface area (Å²) in [6.45, 7) is 0. The Morgan fingerprint density at radius 3 is 1.59 bits per heavy atom. The fourth-order valence-corrected chi connectivity index (χ4v) is 9.96. The van der Waals surface area contributed by atoms with Crippen LogP contribution in [-0.2, 0) is 0 Å². The summed E-state index contributed by atoms with van der Waals surface area (Å²) in [6, 6.07) is 72.5. The highest BCUT2D eigenvalue weighted by Crippen LogP contribution is 2.42. The predicted octanol–water partition coefficient (Wildman–Crippen LogP) is 15.5. The van der Waals surface area contributed by atoms with Gasteiger partial charge in [-0.25, -0.2) is 9.97 Å². The van der Waals surface area contributed by atoms with Crippen LogP contribution in [0.1, 0.15) is 0 Å². The average molecular weight is 819 g/mol. The first-order chi connectivity index (χ1) is 31.7. The van der Waals surface area contributed by atoms with E-state index < -0.39 is 0 Å². The van der Waals surface area contributed by atoms with Gasteiger partial charge in [0.05, 0.1) is 27.8 Å². The van der Waals surface area contributed by atoms with Crippen LogP contribution in [0.2, 0.25) is 0 Å². The number of para-hydroxylation sites is 3. The molecule has 0 radical (unpaired) electrons. The van der Waals surface area contributed by atoms with Crippen molar-refractivity contribution in [3.8, 4) is 45.3 Å². The molecule has 0 fully saturated rings. The Labute approximate surface area is 365 Å². The van der Waals surface area contributed by atoms with Crippen molar-refractivity contribution in [3.05, 3.63) is 206 Å². The van der Waals surface area contributed by atoms with Crippen LogP contribution >= 0.6 is 0 Å². The number of rotatable bonds is 5. The summed E-state index contributed by atoms with van der Waals surface area (Å²) in [5, 5.41) is 9.03. The lowest BCUT2D eigenvalue weighted by atomic mass is 10.00. The SMILES string of the molecule is c1ccc(-c2cc(-n3c4ccccc4c4cc5c(cc43)oc3ccc(-c4ccc6c(c4)c4cc7c(cc4n6-c4ccccc4)oc4ccccc47)cc35)nc(-c3ccccc3)n2)cc1. The number of aromatic nitrogens is 4. The van der Waals surface area contributed by atoms with Crippen molar-refractivity contribution < 1.29 is 8.83 Å². The lowest BCUT2D eigenvalue weighted by Gasteiger charge is -2.12. The highest BCUT2D eigenvalue weighted by atomic mass is 16.3. The first-order valence-corrected chi connectivity index (χ1v) is 21.6. The summed E-state index contributed by atoms with van der Waals surface area (Å²) in [6.07, 6.45) is 0. The van der Waals surface area contributed by atoms with Gasteiger partial charge >= 0.3 is 0 Å². The van der Waals surface area contributed by atoms with Crippen molar-refractivity contribution in [2.45, 2.75) is 0 Å². The third-order valence-electron chi connectivity index (χ3n) is 12.9. The summed E-state index contributed by atoms with van der Waals surface area (Å²) in [5.74, 6) is 1.47. The molecule has 64 heavy (non-hydrogen) atoms. The van der Waals surface area contributed by atoms with Crippen LogP contribution in [0.5, 0.6) is 0 Å². The zero-order valence-electron chi connectivity index (χ0n) is 34.2. The molecule has 0 saturated heterocycles. The standard InChI is InChI=1S/C58H34N4O2/c1-4-14-35(15-5-1)48-32-57(60-58(59-48)36-16-6-2-7-17-36)62-49-22-12-10-20-40(49)43-30-47-45-29-38(25-27-54(45)64-56(47)34-52(43)62)37-24-26-50-42(28-37)44-31-46-41-21-11-13-23-53(41)63-55(46)33-51(44)61(50)39-18-8-3-9-19-39/h1-34H. The summed E-state index contributed by atoms with van der Waals surface area (Å²) < 4.78 is 17.7. The molecule has 0 spiro atoms. The lowest BCUT2D eigenvalue weighted by molar-refractivity contribution is 0.669. The Hall–Kier alpha value is -8.74. The molecule has 6 heteroatoms. The Balaban J connectivity index is 0.958. The highest BCUT2D eigenvalue weighted by molar-refractivity contribution is 6.19. The molecular formula is C58H34N4O2. The van der Waals surface area contributed by atoms with Crippen LogP contribution < -0.4 is 0 Å². The van der Waals surface area contributed by atoms with E-state index in [0.29, 0.717) is 5.82 Å². The van der Waals surface area contributed by atoms with Crippen LogP contribution in [-0.4, -0.2) is 19.1 Å². The number of benzene rings is 9. The van der Waals surface area contributed by atoms with E-state index in [2.05, 4.69) is 167 Å². The molecule has 0 aliphatic heterocycles. The molecule has 6 nitrogen and oxygen atoms in total. The molecule has 5 heterocycles. The molecule has 0 aliphatic carbocycles. The predicted molar refractivity (Wildman–Crippen MR) is 262 cm³/mol. The molecule has 14 aromatic rings. The third kappa shape index (κ3) is 5.20. The number of fused-ring (bicyclic) bond motifs is 12. The van der Waals surface area contributed by atoms with Gasteiger partial charge in [0.15, 0.2) is 5.82 Å². The van der Waals surface area contributed by atoms with E-state index in [1.165, 1.54) is 10.8 Å². The monoisotopic (exact) mass is 818 g/mol. The quantitative estimate of drug-likeness (QED) is 0.174. The number of hydrogen-bond acceptors (Lipinski definition) is 4. The van der Waals surface area contributed by atoms with Gasteiger partial charge in [-0.05, 0) is 71.8 Å². The van der Waals surface area contributed by atoms with Crippen molar-refractivity contribution in [3.63, 3.8) is 0 Å². The Bertz CT molecular complexity index is 4120. The van der Waals surface area contributed by atoms with Gasteiger partial charge in [0.1, 0.15) is 28.1 Å². The van der Waals surface area contributed by atoms with Crippen LogP contribution in [0.4, 0.5) is 0 Å².